The Morgan fingerprint density at radius 3 is 2.35 bits per heavy atom. The van der Waals surface area contributed by atoms with Crippen molar-refractivity contribution >= 4 is 44.8 Å². The topological polar surface area (TPSA) is 110 Å². The fourth-order valence-electron chi connectivity index (χ4n) is 4.00. The number of aliphatic hydroxyl groups is 1. The smallest absolute Gasteiger partial charge is 0.277 e. The standard InChI is InChI=1S/C23H25ClN4O5S/c1-16-5-7-17(8-6-16)34(32,33)27-11-9-26(10-12-27)22-18(24)3-2-4-19(22)25-20-15-21(30)28(13-14-29)23(20)31/h2-8,15,25,29H,9-14H2,1H3. The second-order valence-electron chi connectivity index (χ2n) is 8.04. The van der Waals surface area contributed by atoms with Crippen LogP contribution in [0.3, 0.4) is 0 Å². The number of hydrogen-bond acceptors (Lipinski definition) is 7. The van der Waals surface area contributed by atoms with Gasteiger partial charge in [-0.15, -0.1) is 0 Å². The predicted molar refractivity (Wildman–Crippen MR) is 129 cm³/mol. The maximum absolute atomic E-state index is 13.0. The van der Waals surface area contributed by atoms with Gasteiger partial charge in [0.05, 0.1) is 34.4 Å². The summed E-state index contributed by atoms with van der Waals surface area (Å²) in [6.45, 7) is 2.82. The van der Waals surface area contributed by atoms with Crippen molar-refractivity contribution in [2.24, 2.45) is 0 Å². The van der Waals surface area contributed by atoms with Gasteiger partial charge in [-0.2, -0.15) is 4.31 Å². The van der Waals surface area contributed by atoms with Gasteiger partial charge in [0.2, 0.25) is 10.0 Å². The quantitative estimate of drug-likeness (QED) is 0.553. The number of imide groups is 1. The van der Waals surface area contributed by atoms with Crippen LogP contribution in [0.1, 0.15) is 5.56 Å². The first kappa shape index (κ1) is 24.2. The molecule has 180 valence electrons. The molecule has 4 rings (SSSR count). The summed E-state index contributed by atoms with van der Waals surface area (Å²) in [7, 11) is -3.61. The molecule has 2 aliphatic heterocycles. The Bertz CT molecular complexity index is 1240. The second kappa shape index (κ2) is 9.75. The summed E-state index contributed by atoms with van der Waals surface area (Å²) >= 11 is 6.50. The molecule has 0 unspecified atom stereocenters. The van der Waals surface area contributed by atoms with Crippen LogP contribution < -0.4 is 10.2 Å². The van der Waals surface area contributed by atoms with Gasteiger partial charge >= 0.3 is 0 Å². The van der Waals surface area contributed by atoms with Crippen molar-refractivity contribution < 1.29 is 23.1 Å². The number of anilines is 2. The Kier molecular flexibility index (Phi) is 6.94. The third-order valence-corrected chi connectivity index (χ3v) is 8.02. The van der Waals surface area contributed by atoms with E-state index >= 15 is 0 Å². The van der Waals surface area contributed by atoms with Crippen molar-refractivity contribution in [1.29, 1.82) is 0 Å². The van der Waals surface area contributed by atoms with E-state index in [-0.39, 0.29) is 36.8 Å². The number of β-amino-alcohol motifs (C(OH)–C–C–N with tert-alkyl or cyclic N) is 1. The van der Waals surface area contributed by atoms with Crippen LogP contribution in [0.25, 0.3) is 0 Å². The number of aryl methyl sites for hydroxylation is 1. The molecule has 11 heteroatoms. The molecule has 0 spiro atoms. The summed E-state index contributed by atoms with van der Waals surface area (Å²) in [6.07, 6.45) is 1.19. The minimum Gasteiger partial charge on any atom is -0.395 e. The number of carbonyl (C=O) groups excluding carboxylic acids is 2. The molecular weight excluding hydrogens is 480 g/mol. The van der Waals surface area contributed by atoms with Gasteiger partial charge in [0.15, 0.2) is 0 Å². The van der Waals surface area contributed by atoms with Gasteiger partial charge in [-0.25, -0.2) is 8.42 Å². The van der Waals surface area contributed by atoms with Crippen LogP contribution in [0.15, 0.2) is 59.1 Å². The molecule has 1 fully saturated rings. The lowest BCUT2D eigenvalue weighted by Crippen LogP contribution is -2.48. The van der Waals surface area contributed by atoms with E-state index < -0.39 is 21.8 Å². The first-order valence-corrected chi connectivity index (χ1v) is 12.6. The van der Waals surface area contributed by atoms with E-state index in [9.17, 15) is 18.0 Å². The molecule has 9 nitrogen and oxygen atoms in total. The summed E-state index contributed by atoms with van der Waals surface area (Å²) in [6, 6.07) is 11.9. The van der Waals surface area contributed by atoms with Gasteiger partial charge in [0, 0.05) is 32.3 Å². The molecule has 0 saturated carbocycles. The van der Waals surface area contributed by atoms with Gasteiger partial charge in [0.25, 0.3) is 11.8 Å². The highest BCUT2D eigenvalue weighted by molar-refractivity contribution is 7.89. The van der Waals surface area contributed by atoms with Crippen molar-refractivity contribution in [2.45, 2.75) is 11.8 Å². The molecule has 2 N–H and O–H groups in total. The number of benzene rings is 2. The van der Waals surface area contributed by atoms with Crippen LogP contribution in [0.5, 0.6) is 0 Å². The van der Waals surface area contributed by atoms with Crippen molar-refractivity contribution in [3.05, 3.63) is 64.8 Å². The third-order valence-electron chi connectivity index (χ3n) is 5.80. The first-order valence-electron chi connectivity index (χ1n) is 10.8. The number of nitrogens with zero attached hydrogens (tertiary/aromatic N) is 3. The first-order chi connectivity index (χ1) is 16.2. The zero-order valence-corrected chi connectivity index (χ0v) is 20.1. The summed E-state index contributed by atoms with van der Waals surface area (Å²) in [5.41, 5.74) is 2.22. The highest BCUT2D eigenvalue weighted by Gasteiger charge is 2.33. The minimum absolute atomic E-state index is 0.0842. The Labute approximate surface area is 203 Å². The van der Waals surface area contributed by atoms with Crippen LogP contribution in [0.4, 0.5) is 11.4 Å². The molecule has 0 bridgehead atoms. The molecule has 0 atom stereocenters. The molecule has 0 aliphatic carbocycles. The Morgan fingerprint density at radius 1 is 1.03 bits per heavy atom. The molecular formula is C23H25ClN4O5S. The molecule has 34 heavy (non-hydrogen) atoms. The maximum atomic E-state index is 13.0. The molecule has 1 saturated heterocycles. The molecule has 2 aromatic carbocycles. The van der Waals surface area contributed by atoms with E-state index in [4.69, 9.17) is 16.7 Å². The normalized spacial score (nSPS) is 17.3. The Morgan fingerprint density at radius 2 is 1.71 bits per heavy atom. The van der Waals surface area contributed by atoms with Crippen LogP contribution >= 0.6 is 11.6 Å². The largest absolute Gasteiger partial charge is 0.395 e. The predicted octanol–water partition coefficient (Wildman–Crippen LogP) is 1.82. The molecule has 2 aromatic rings. The van der Waals surface area contributed by atoms with Crippen LogP contribution in [0, 0.1) is 6.92 Å². The van der Waals surface area contributed by atoms with Crippen molar-refractivity contribution in [3.63, 3.8) is 0 Å². The summed E-state index contributed by atoms with van der Waals surface area (Å²) in [5, 5.41) is 12.5. The average Bonchev–Trinajstić information content (AvgIpc) is 3.07. The van der Waals surface area contributed by atoms with E-state index in [2.05, 4.69) is 5.32 Å². The van der Waals surface area contributed by atoms with Gasteiger partial charge in [0.1, 0.15) is 5.70 Å². The highest BCUT2D eigenvalue weighted by Crippen LogP contribution is 2.36. The second-order valence-corrected chi connectivity index (χ2v) is 10.4. The number of hydrogen-bond donors (Lipinski definition) is 2. The van der Waals surface area contributed by atoms with Gasteiger partial charge < -0.3 is 15.3 Å². The number of amides is 2. The fraction of sp³-hybridized carbons (Fsp3) is 0.304. The molecule has 0 aromatic heterocycles. The van der Waals surface area contributed by atoms with E-state index in [0.717, 1.165) is 10.5 Å². The van der Waals surface area contributed by atoms with Crippen LogP contribution in [0.2, 0.25) is 5.02 Å². The van der Waals surface area contributed by atoms with Crippen molar-refractivity contribution in [3.8, 4) is 0 Å². The van der Waals surface area contributed by atoms with Gasteiger partial charge in [-0.05, 0) is 31.2 Å². The summed E-state index contributed by atoms with van der Waals surface area (Å²) in [5.74, 6) is -1.03. The number of halogens is 1. The number of piperazine rings is 1. The van der Waals surface area contributed by atoms with Crippen molar-refractivity contribution in [2.75, 3.05) is 49.5 Å². The highest BCUT2D eigenvalue weighted by atomic mass is 35.5. The average molecular weight is 505 g/mol. The maximum Gasteiger partial charge on any atom is 0.277 e. The Hall–Kier alpha value is -2.92. The monoisotopic (exact) mass is 504 g/mol. The summed E-state index contributed by atoms with van der Waals surface area (Å²) in [4.78, 5) is 27.8. The van der Waals surface area contributed by atoms with E-state index in [1.165, 1.54) is 10.4 Å². The van der Waals surface area contributed by atoms with Crippen LogP contribution in [-0.4, -0.2) is 73.9 Å². The third kappa shape index (κ3) is 4.67. The minimum atomic E-state index is -3.61. The van der Waals surface area contributed by atoms with Gasteiger partial charge in [-0.1, -0.05) is 35.4 Å². The lowest BCUT2D eigenvalue weighted by atomic mass is 10.2. The SMILES string of the molecule is Cc1ccc(S(=O)(=O)N2CCN(c3c(Cl)cccc3NC3=CC(=O)N(CCO)C3=O)CC2)cc1. The molecule has 2 heterocycles. The fourth-order valence-corrected chi connectivity index (χ4v) is 5.72. The van der Waals surface area contributed by atoms with Gasteiger partial charge in [-0.3, -0.25) is 14.5 Å². The lowest BCUT2D eigenvalue weighted by Gasteiger charge is -2.36. The molecule has 2 aliphatic rings. The number of sulfonamides is 1. The number of carbonyl (C=O) groups is 2. The Balaban J connectivity index is 1.51. The van der Waals surface area contributed by atoms with E-state index in [0.29, 0.717) is 29.5 Å². The number of para-hydroxylation sites is 1. The number of rotatable bonds is 7. The summed E-state index contributed by atoms with van der Waals surface area (Å²) < 4.78 is 27.5. The molecule has 2 amide bonds. The zero-order valence-electron chi connectivity index (χ0n) is 18.6. The zero-order chi connectivity index (χ0) is 24.5. The molecule has 0 radical (unpaired) electrons. The van der Waals surface area contributed by atoms with Crippen LogP contribution in [-0.2, 0) is 19.6 Å². The van der Waals surface area contributed by atoms with Crippen molar-refractivity contribution in [1.82, 2.24) is 9.21 Å². The number of aliphatic hydroxyl groups excluding tert-OH is 1. The number of nitrogens with one attached hydrogen (secondary N) is 1. The van der Waals surface area contributed by atoms with E-state index in [1.54, 1.807) is 42.5 Å². The lowest BCUT2D eigenvalue weighted by molar-refractivity contribution is -0.137. The van der Waals surface area contributed by atoms with E-state index in [1.807, 2.05) is 11.8 Å².